The summed E-state index contributed by atoms with van der Waals surface area (Å²) in [6.45, 7) is 3.61. The van der Waals surface area contributed by atoms with Crippen molar-refractivity contribution in [1.82, 2.24) is 15.1 Å². The van der Waals surface area contributed by atoms with Crippen LogP contribution in [-0.2, 0) is 12.1 Å². The first-order valence-corrected chi connectivity index (χ1v) is 9.92. The molecule has 1 aliphatic rings. The minimum atomic E-state index is -0.712. The number of aliphatic hydroxyl groups is 1. The van der Waals surface area contributed by atoms with Crippen molar-refractivity contribution in [1.29, 1.82) is 0 Å². The molecule has 5 nitrogen and oxygen atoms in total. The van der Waals surface area contributed by atoms with Crippen molar-refractivity contribution in [2.75, 3.05) is 25.0 Å². The summed E-state index contributed by atoms with van der Waals surface area (Å²) in [6.07, 6.45) is 0.664. The molecule has 1 saturated heterocycles. The second kappa shape index (κ2) is 7.52. The van der Waals surface area contributed by atoms with Gasteiger partial charge < -0.3 is 15.7 Å². The van der Waals surface area contributed by atoms with Crippen molar-refractivity contribution in [2.24, 2.45) is 0 Å². The molecule has 3 aromatic rings. The average molecular weight is 423 g/mol. The van der Waals surface area contributed by atoms with Crippen LogP contribution < -0.4 is 10.6 Å². The van der Waals surface area contributed by atoms with Gasteiger partial charge in [-0.15, -0.1) is 0 Å². The molecular weight excluding hydrogens is 402 g/mol. The Morgan fingerprint density at radius 2 is 2.14 bits per heavy atom. The van der Waals surface area contributed by atoms with Gasteiger partial charge in [-0.05, 0) is 50.2 Å². The molecule has 2 heterocycles. The summed E-state index contributed by atoms with van der Waals surface area (Å²) in [7, 11) is 0. The fourth-order valence-electron chi connectivity index (χ4n) is 4.00. The van der Waals surface area contributed by atoms with Gasteiger partial charge in [0, 0.05) is 23.2 Å². The highest BCUT2D eigenvalue weighted by molar-refractivity contribution is 6.42. The molecule has 0 saturated carbocycles. The molecule has 0 aliphatic carbocycles. The van der Waals surface area contributed by atoms with E-state index in [-0.39, 0.29) is 17.4 Å². The number of aromatic nitrogens is 2. The first-order chi connectivity index (χ1) is 13.4. The first kappa shape index (κ1) is 19.5. The van der Waals surface area contributed by atoms with Crippen molar-refractivity contribution in [3.05, 3.63) is 57.5 Å². The third-order valence-corrected chi connectivity index (χ3v) is 6.11. The molecule has 0 bridgehead atoms. The van der Waals surface area contributed by atoms with E-state index in [1.807, 2.05) is 25.1 Å². The normalized spacial score (nSPS) is 19.5. The maximum absolute atomic E-state index is 14.8. The summed E-state index contributed by atoms with van der Waals surface area (Å²) in [5, 5.41) is 22.2. The maximum Gasteiger partial charge on any atom is 0.130 e. The molecule has 0 spiro atoms. The van der Waals surface area contributed by atoms with Crippen LogP contribution >= 0.6 is 23.2 Å². The van der Waals surface area contributed by atoms with Crippen LogP contribution in [0.5, 0.6) is 0 Å². The van der Waals surface area contributed by atoms with Gasteiger partial charge in [0.25, 0.3) is 0 Å². The van der Waals surface area contributed by atoms with Crippen molar-refractivity contribution in [3.8, 4) is 0 Å². The van der Waals surface area contributed by atoms with Gasteiger partial charge in [-0.2, -0.15) is 5.10 Å². The van der Waals surface area contributed by atoms with Gasteiger partial charge in [0.05, 0.1) is 39.9 Å². The third-order valence-electron chi connectivity index (χ3n) is 5.31. The molecule has 0 amide bonds. The van der Waals surface area contributed by atoms with E-state index in [4.69, 9.17) is 23.2 Å². The summed E-state index contributed by atoms with van der Waals surface area (Å²) >= 11 is 12.6. The summed E-state index contributed by atoms with van der Waals surface area (Å²) in [6, 6.07) is 8.74. The van der Waals surface area contributed by atoms with E-state index in [1.165, 1.54) is 12.1 Å². The number of rotatable bonds is 5. The van der Waals surface area contributed by atoms with Crippen molar-refractivity contribution in [2.45, 2.75) is 25.4 Å². The first-order valence-electron chi connectivity index (χ1n) is 9.16. The smallest absolute Gasteiger partial charge is 0.130 e. The lowest BCUT2D eigenvalue weighted by Gasteiger charge is -2.33. The lowest BCUT2D eigenvalue weighted by atomic mass is 9.88. The highest BCUT2D eigenvalue weighted by Crippen LogP contribution is 2.41. The molecule has 1 fully saturated rings. The minimum absolute atomic E-state index is 0.00503. The van der Waals surface area contributed by atoms with E-state index in [2.05, 4.69) is 15.7 Å². The Labute approximate surface area is 172 Å². The molecule has 148 valence electrons. The van der Waals surface area contributed by atoms with Crippen LogP contribution in [0, 0.1) is 12.7 Å². The fourth-order valence-corrected chi connectivity index (χ4v) is 4.49. The SMILES string of the molecule is Cc1nn(CCO)c2cc(NC3(c4c(F)ccc(Cl)c4Cl)CCNC3)ccc12. The van der Waals surface area contributed by atoms with Gasteiger partial charge in [0.1, 0.15) is 5.82 Å². The second-order valence-corrected chi connectivity index (χ2v) is 7.90. The second-order valence-electron chi connectivity index (χ2n) is 7.12. The van der Waals surface area contributed by atoms with Crippen LogP contribution in [0.3, 0.4) is 0 Å². The number of anilines is 1. The molecule has 2 aromatic carbocycles. The van der Waals surface area contributed by atoms with Gasteiger partial charge in [-0.25, -0.2) is 4.39 Å². The molecule has 1 aromatic heterocycles. The molecule has 3 N–H and O–H groups in total. The average Bonchev–Trinajstić information content (AvgIpc) is 3.25. The Morgan fingerprint density at radius 1 is 1.32 bits per heavy atom. The van der Waals surface area contributed by atoms with E-state index in [1.54, 1.807) is 4.68 Å². The van der Waals surface area contributed by atoms with Crippen LogP contribution in [-0.4, -0.2) is 34.6 Å². The van der Waals surface area contributed by atoms with Gasteiger partial charge >= 0.3 is 0 Å². The number of nitrogens with zero attached hydrogens (tertiary/aromatic N) is 2. The summed E-state index contributed by atoms with van der Waals surface area (Å²) in [4.78, 5) is 0. The van der Waals surface area contributed by atoms with E-state index in [0.717, 1.165) is 28.8 Å². The molecule has 8 heteroatoms. The predicted molar refractivity (Wildman–Crippen MR) is 111 cm³/mol. The lowest BCUT2D eigenvalue weighted by Crippen LogP contribution is -2.39. The zero-order valence-electron chi connectivity index (χ0n) is 15.4. The van der Waals surface area contributed by atoms with Crippen LogP contribution in [0.2, 0.25) is 10.0 Å². The molecule has 4 rings (SSSR count). The number of aliphatic hydroxyl groups excluding tert-OH is 1. The van der Waals surface area contributed by atoms with E-state index in [9.17, 15) is 9.50 Å². The van der Waals surface area contributed by atoms with Crippen LogP contribution in [0.1, 0.15) is 17.7 Å². The lowest BCUT2D eigenvalue weighted by molar-refractivity contribution is 0.271. The molecule has 1 atom stereocenters. The molecule has 28 heavy (non-hydrogen) atoms. The summed E-state index contributed by atoms with van der Waals surface area (Å²) in [5.41, 5.74) is 2.31. The number of halogens is 3. The monoisotopic (exact) mass is 422 g/mol. The standard InChI is InChI=1S/C20H21Cl2FN4O/c1-12-14-3-2-13(10-17(14)27(26-12)8-9-28)25-20(6-7-24-11-20)18-16(23)5-4-15(21)19(18)22/h2-5,10,24-25,28H,6-9,11H2,1H3. The van der Waals surface area contributed by atoms with Gasteiger partial charge in [-0.3, -0.25) is 4.68 Å². The number of nitrogens with one attached hydrogen (secondary N) is 2. The number of hydrogen-bond donors (Lipinski definition) is 3. The highest BCUT2D eigenvalue weighted by Gasteiger charge is 2.40. The summed E-state index contributed by atoms with van der Waals surface area (Å²) in [5.74, 6) is -0.382. The Bertz CT molecular complexity index is 1030. The van der Waals surface area contributed by atoms with E-state index < -0.39 is 5.54 Å². The van der Waals surface area contributed by atoms with E-state index >= 15 is 0 Å². The Kier molecular flexibility index (Phi) is 5.22. The largest absolute Gasteiger partial charge is 0.394 e. The number of fused-ring (bicyclic) bond motifs is 1. The van der Waals surface area contributed by atoms with Crippen molar-refractivity contribution < 1.29 is 9.50 Å². The fraction of sp³-hybridized carbons (Fsp3) is 0.350. The van der Waals surface area contributed by atoms with E-state index in [0.29, 0.717) is 30.1 Å². The predicted octanol–water partition coefficient (Wildman–Crippen LogP) is 4.08. The topological polar surface area (TPSA) is 62.1 Å². The number of aryl methyl sites for hydroxylation is 1. The summed E-state index contributed by atoms with van der Waals surface area (Å²) < 4.78 is 16.6. The molecular formula is C20H21Cl2FN4O. The van der Waals surface area contributed by atoms with Gasteiger partial charge in [0.15, 0.2) is 0 Å². The minimum Gasteiger partial charge on any atom is -0.394 e. The van der Waals surface area contributed by atoms with Gasteiger partial charge in [0.2, 0.25) is 0 Å². The zero-order chi connectivity index (χ0) is 19.9. The molecule has 0 radical (unpaired) electrons. The Balaban J connectivity index is 1.79. The van der Waals surface area contributed by atoms with Crippen LogP contribution in [0.15, 0.2) is 30.3 Å². The third kappa shape index (κ3) is 3.24. The van der Waals surface area contributed by atoms with Crippen LogP contribution in [0.25, 0.3) is 10.9 Å². The molecule has 1 aliphatic heterocycles. The number of benzene rings is 2. The molecule has 1 unspecified atom stereocenters. The Morgan fingerprint density at radius 3 is 2.86 bits per heavy atom. The van der Waals surface area contributed by atoms with Crippen LogP contribution in [0.4, 0.5) is 10.1 Å². The number of hydrogen-bond acceptors (Lipinski definition) is 4. The Hall–Kier alpha value is -1.86. The van der Waals surface area contributed by atoms with Crippen molar-refractivity contribution in [3.63, 3.8) is 0 Å². The van der Waals surface area contributed by atoms with Crippen molar-refractivity contribution >= 4 is 39.8 Å². The highest BCUT2D eigenvalue weighted by atomic mass is 35.5. The zero-order valence-corrected chi connectivity index (χ0v) is 16.9. The maximum atomic E-state index is 14.8. The quantitative estimate of drug-likeness (QED) is 0.542. The van der Waals surface area contributed by atoms with Gasteiger partial charge in [-0.1, -0.05) is 23.2 Å².